The fourth-order valence-corrected chi connectivity index (χ4v) is 10.1. The van der Waals surface area contributed by atoms with Crippen LogP contribution >= 0.6 is 0 Å². The minimum absolute atomic E-state index is 0.0646. The Labute approximate surface area is 243 Å². The van der Waals surface area contributed by atoms with Crippen LogP contribution in [0.4, 0.5) is 0 Å². The molecule has 3 rings (SSSR count). The molecule has 0 aliphatic heterocycles. The monoisotopic (exact) mass is 577 g/mol. The van der Waals surface area contributed by atoms with Crippen LogP contribution in [0.15, 0.2) is 91.0 Å². The third-order valence-corrected chi connectivity index (χ3v) is 13.4. The summed E-state index contributed by atoms with van der Waals surface area (Å²) in [5.41, 5.74) is 0.903. The molecule has 0 saturated heterocycles. The van der Waals surface area contributed by atoms with Gasteiger partial charge in [-0.1, -0.05) is 99.6 Å². The van der Waals surface area contributed by atoms with Gasteiger partial charge in [0.15, 0.2) is 5.78 Å². The van der Waals surface area contributed by atoms with Gasteiger partial charge in [0.2, 0.25) is 0 Å². The lowest BCUT2D eigenvalue weighted by Crippen LogP contribution is -2.67. The third kappa shape index (κ3) is 8.10. The molecule has 40 heavy (non-hydrogen) atoms. The number of allylic oxidation sites excluding steroid dienone is 1. The maximum Gasteiger partial charge on any atom is 0.261 e. The zero-order valence-corrected chi connectivity index (χ0v) is 26.6. The molecule has 7 heteroatoms. The van der Waals surface area contributed by atoms with Crippen molar-refractivity contribution in [2.24, 2.45) is 0 Å². The van der Waals surface area contributed by atoms with Gasteiger partial charge in [-0.2, -0.15) is 0 Å². The summed E-state index contributed by atoms with van der Waals surface area (Å²) in [5, 5.41) is 2.12. The maximum absolute atomic E-state index is 13.2. The zero-order chi connectivity index (χ0) is 29.4. The van der Waals surface area contributed by atoms with Crippen LogP contribution < -0.4 is 19.8 Å². The van der Waals surface area contributed by atoms with Gasteiger partial charge in [-0.05, 0) is 60.0 Å². The number of hydrogen-bond acceptors (Lipinski definition) is 4. The lowest BCUT2D eigenvalue weighted by atomic mass is 10.1. The molecule has 3 aromatic rings. The molecular formula is C33H43NO4SSi. The number of hydrogen-bond donors (Lipinski definition) is 1. The number of nitrogens with one attached hydrogen (secondary N) is 1. The SMILES string of the molecule is COc1ccc(/C=C/C(=O)C[C@H](CO[Si](c2ccccc2)(c2ccccc2)C(C)(C)C)NS(=O)C(C)(C)C)cc1. The molecule has 0 spiro atoms. The Bertz CT molecular complexity index is 1240. The Morgan fingerprint density at radius 3 is 1.85 bits per heavy atom. The van der Waals surface area contributed by atoms with Crippen LogP contribution in [0.3, 0.4) is 0 Å². The maximum atomic E-state index is 13.2. The predicted octanol–water partition coefficient (Wildman–Crippen LogP) is 5.66. The molecular weight excluding hydrogens is 535 g/mol. The van der Waals surface area contributed by atoms with E-state index in [1.54, 1.807) is 19.3 Å². The van der Waals surface area contributed by atoms with E-state index in [-0.39, 0.29) is 23.8 Å². The molecule has 1 N–H and O–H groups in total. The molecule has 5 nitrogen and oxygen atoms in total. The molecule has 0 aliphatic rings. The second-order valence-electron chi connectivity index (χ2n) is 11.9. The molecule has 0 bridgehead atoms. The largest absolute Gasteiger partial charge is 0.497 e. The number of carbonyl (C=O) groups is 1. The van der Waals surface area contributed by atoms with Gasteiger partial charge in [0.05, 0.1) is 29.4 Å². The lowest BCUT2D eigenvalue weighted by Gasteiger charge is -2.43. The van der Waals surface area contributed by atoms with Gasteiger partial charge >= 0.3 is 0 Å². The highest BCUT2D eigenvalue weighted by Crippen LogP contribution is 2.37. The summed E-state index contributed by atoms with van der Waals surface area (Å²) < 4.78 is 28.2. The number of methoxy groups -OCH3 is 1. The van der Waals surface area contributed by atoms with Crippen molar-refractivity contribution in [1.82, 2.24) is 4.72 Å². The number of ketones is 1. The Hall–Kier alpha value is -2.84. The molecule has 0 heterocycles. The molecule has 1 unspecified atom stereocenters. The van der Waals surface area contributed by atoms with Gasteiger partial charge < -0.3 is 9.16 Å². The van der Waals surface area contributed by atoms with Crippen molar-refractivity contribution < 1.29 is 18.2 Å². The summed E-state index contributed by atoms with van der Waals surface area (Å²) >= 11 is 0. The Morgan fingerprint density at radius 2 is 1.40 bits per heavy atom. The van der Waals surface area contributed by atoms with Crippen molar-refractivity contribution in [1.29, 1.82) is 0 Å². The fraction of sp³-hybridized carbons (Fsp3) is 0.364. The minimum Gasteiger partial charge on any atom is -0.497 e. The van der Waals surface area contributed by atoms with E-state index in [9.17, 15) is 9.00 Å². The van der Waals surface area contributed by atoms with Crippen molar-refractivity contribution >= 4 is 41.5 Å². The standard InChI is InChI=1S/C33H43NO4SSi/c1-32(2,3)39(36)34-27(24-28(35)21-18-26-19-22-29(37-7)23-20-26)25-38-40(33(4,5)6,30-14-10-8-11-15-30)31-16-12-9-13-17-31/h8-23,27,34H,24-25H2,1-7H3/b21-18+/t27-,39?/m1/s1. The van der Waals surface area contributed by atoms with E-state index >= 15 is 0 Å². The Morgan fingerprint density at radius 1 is 0.875 bits per heavy atom. The quantitative estimate of drug-likeness (QED) is 0.223. The first-order valence-electron chi connectivity index (χ1n) is 13.6. The summed E-state index contributed by atoms with van der Waals surface area (Å²) in [5.74, 6) is 0.697. The summed E-state index contributed by atoms with van der Waals surface area (Å²) in [4.78, 5) is 13.1. The highest BCUT2D eigenvalue weighted by molar-refractivity contribution is 7.84. The second-order valence-corrected chi connectivity index (χ2v) is 18.3. The van der Waals surface area contributed by atoms with E-state index in [4.69, 9.17) is 9.16 Å². The fourth-order valence-electron chi connectivity index (χ4n) is 4.67. The Balaban J connectivity index is 1.92. The van der Waals surface area contributed by atoms with E-state index < -0.39 is 30.1 Å². The average Bonchev–Trinajstić information content (AvgIpc) is 2.92. The third-order valence-electron chi connectivity index (χ3n) is 6.77. The van der Waals surface area contributed by atoms with Crippen LogP contribution in [0.1, 0.15) is 53.5 Å². The second kappa shape index (κ2) is 13.7. The van der Waals surface area contributed by atoms with Crippen LogP contribution in [0.25, 0.3) is 6.08 Å². The zero-order valence-electron chi connectivity index (χ0n) is 24.8. The number of ether oxygens (including phenoxy) is 1. The van der Waals surface area contributed by atoms with Crippen molar-refractivity contribution in [2.75, 3.05) is 13.7 Å². The number of benzene rings is 3. The van der Waals surface area contributed by atoms with Crippen LogP contribution in [-0.2, 0) is 20.2 Å². The molecule has 214 valence electrons. The normalized spacial score (nSPS) is 14.2. The topological polar surface area (TPSA) is 64.6 Å². The van der Waals surface area contributed by atoms with Gasteiger partial charge in [-0.25, -0.2) is 8.93 Å². The van der Waals surface area contributed by atoms with Crippen molar-refractivity contribution in [3.8, 4) is 5.75 Å². The van der Waals surface area contributed by atoms with E-state index in [0.29, 0.717) is 0 Å². The smallest absolute Gasteiger partial charge is 0.261 e. The Kier molecular flexibility index (Phi) is 10.8. The molecule has 0 aliphatic carbocycles. The van der Waals surface area contributed by atoms with Gasteiger partial charge in [-0.3, -0.25) is 4.79 Å². The minimum atomic E-state index is -2.82. The van der Waals surface area contributed by atoms with Crippen LogP contribution in [0.2, 0.25) is 5.04 Å². The van der Waals surface area contributed by atoms with Crippen LogP contribution in [-0.4, -0.2) is 42.8 Å². The van der Waals surface area contributed by atoms with Crippen molar-refractivity contribution in [2.45, 2.75) is 63.8 Å². The van der Waals surface area contributed by atoms with E-state index in [0.717, 1.165) is 21.7 Å². The highest BCUT2D eigenvalue weighted by atomic mass is 32.2. The lowest BCUT2D eigenvalue weighted by molar-refractivity contribution is -0.115. The average molecular weight is 578 g/mol. The van der Waals surface area contributed by atoms with Gasteiger partial charge in [0, 0.05) is 12.5 Å². The molecule has 2 atom stereocenters. The first kappa shape index (κ1) is 31.7. The molecule has 0 fully saturated rings. The van der Waals surface area contributed by atoms with Crippen molar-refractivity contribution in [3.05, 3.63) is 96.6 Å². The first-order chi connectivity index (χ1) is 18.9. The van der Waals surface area contributed by atoms with E-state index in [1.165, 1.54) is 0 Å². The van der Waals surface area contributed by atoms with Crippen LogP contribution in [0.5, 0.6) is 5.75 Å². The molecule has 0 aromatic heterocycles. The predicted molar refractivity (Wildman–Crippen MR) is 170 cm³/mol. The first-order valence-corrected chi connectivity index (χ1v) is 16.7. The van der Waals surface area contributed by atoms with E-state index in [2.05, 4.69) is 49.8 Å². The van der Waals surface area contributed by atoms with Crippen LogP contribution in [0, 0.1) is 0 Å². The summed E-state index contributed by atoms with van der Waals surface area (Å²) in [6.07, 6.45) is 3.54. The molecule has 3 aromatic carbocycles. The van der Waals surface area contributed by atoms with Gasteiger partial charge in [-0.15, -0.1) is 0 Å². The summed E-state index contributed by atoms with van der Waals surface area (Å²) in [7, 11) is -2.57. The van der Waals surface area contributed by atoms with Crippen molar-refractivity contribution in [3.63, 3.8) is 0 Å². The van der Waals surface area contributed by atoms with Gasteiger partial charge in [0.25, 0.3) is 8.32 Å². The molecule has 0 radical (unpaired) electrons. The van der Waals surface area contributed by atoms with E-state index in [1.807, 2.05) is 81.4 Å². The highest BCUT2D eigenvalue weighted by Gasteiger charge is 2.50. The summed E-state index contributed by atoms with van der Waals surface area (Å²) in [6, 6.07) is 27.9. The molecule has 0 amide bonds. The number of rotatable bonds is 12. The number of carbonyl (C=O) groups excluding carboxylic acids is 1. The van der Waals surface area contributed by atoms with Gasteiger partial charge in [0.1, 0.15) is 5.75 Å². The summed E-state index contributed by atoms with van der Waals surface area (Å²) in [6.45, 7) is 12.7. The molecule has 0 saturated carbocycles.